The van der Waals surface area contributed by atoms with Gasteiger partial charge in [0.1, 0.15) is 11.6 Å². The van der Waals surface area contributed by atoms with Crippen LogP contribution in [0.4, 0.5) is 13.2 Å². The van der Waals surface area contributed by atoms with Crippen LogP contribution in [-0.4, -0.2) is 48.4 Å². The zero-order valence-corrected chi connectivity index (χ0v) is 23.9. The van der Waals surface area contributed by atoms with Crippen molar-refractivity contribution in [3.8, 4) is 5.69 Å². The van der Waals surface area contributed by atoms with Crippen LogP contribution in [-0.2, 0) is 24.4 Å². The van der Waals surface area contributed by atoms with E-state index < -0.39 is 58.3 Å². The lowest BCUT2D eigenvalue weighted by molar-refractivity contribution is -0.139. The van der Waals surface area contributed by atoms with Crippen LogP contribution in [0, 0.1) is 0 Å². The number of aliphatic carboxylic acids is 1. The Morgan fingerprint density at radius 3 is 2.44 bits per heavy atom. The van der Waals surface area contributed by atoms with Crippen molar-refractivity contribution in [2.45, 2.75) is 50.4 Å². The van der Waals surface area contributed by atoms with Gasteiger partial charge >= 0.3 is 29.6 Å². The molecule has 0 radical (unpaired) electrons. The van der Waals surface area contributed by atoms with Gasteiger partial charge in [0.2, 0.25) is 0 Å². The fourth-order valence-corrected chi connectivity index (χ4v) is 5.25. The number of benzene rings is 2. The number of alkyl halides is 3. The molecule has 0 saturated carbocycles. The minimum absolute atomic E-state index is 0.00718. The Kier molecular flexibility index (Phi) is 9.48. The average Bonchev–Trinajstić information content (AvgIpc) is 3.52. The number of nitrogens with two attached hydrogens (primary N) is 2. The van der Waals surface area contributed by atoms with Crippen molar-refractivity contribution in [2.24, 2.45) is 18.5 Å². The second-order valence-electron chi connectivity index (χ2n) is 10.4. The summed E-state index contributed by atoms with van der Waals surface area (Å²) in [5.41, 5.74) is 7.52. The third-order valence-electron chi connectivity index (χ3n) is 7.55. The van der Waals surface area contributed by atoms with Crippen LogP contribution in [0.25, 0.3) is 16.8 Å². The molecule has 13 nitrogen and oxygen atoms in total. The predicted octanol–water partition coefficient (Wildman–Crippen LogP) is 2.22. The summed E-state index contributed by atoms with van der Waals surface area (Å²) in [6.45, 7) is 0.604. The number of carbonyl (C=O) groups is 2. The minimum Gasteiger partial charge on any atom is -0.480 e. The van der Waals surface area contributed by atoms with Gasteiger partial charge in [0, 0.05) is 19.3 Å². The maximum Gasteiger partial charge on any atom is 0.419 e. The van der Waals surface area contributed by atoms with Crippen molar-refractivity contribution in [3.05, 3.63) is 96.2 Å². The molecule has 4 aromatic rings. The maximum absolute atomic E-state index is 13.5. The van der Waals surface area contributed by atoms with Gasteiger partial charge in [-0.15, -0.1) is 0 Å². The number of oxazole rings is 1. The number of halogens is 3. The normalized spacial score (nSPS) is 14.9. The van der Waals surface area contributed by atoms with E-state index in [0.29, 0.717) is 23.0 Å². The van der Waals surface area contributed by atoms with Crippen LogP contribution in [0.3, 0.4) is 0 Å². The second-order valence-corrected chi connectivity index (χ2v) is 10.4. The highest BCUT2D eigenvalue weighted by Gasteiger charge is 2.38. The van der Waals surface area contributed by atoms with E-state index in [1.165, 1.54) is 41.9 Å². The number of aromatic carboxylic acids is 1. The number of hydrogen-bond donors (Lipinski definition) is 4. The summed E-state index contributed by atoms with van der Waals surface area (Å²) in [6.07, 6.45) is -1.64. The topological polar surface area (TPSA) is 206 Å². The first-order valence-electron chi connectivity index (χ1n) is 13.8. The highest BCUT2D eigenvalue weighted by atomic mass is 19.4. The molecule has 0 bridgehead atoms. The molecular formula is C29H30F3N5O8. The van der Waals surface area contributed by atoms with E-state index >= 15 is 0 Å². The fraction of sp³-hybridized carbons (Fsp3) is 0.345. The van der Waals surface area contributed by atoms with Crippen LogP contribution in [0.5, 0.6) is 0 Å². The van der Waals surface area contributed by atoms with Crippen LogP contribution >= 0.6 is 0 Å². The molecule has 0 spiro atoms. The Balaban J connectivity index is 0.000000399. The Hall–Kier alpha value is -4.96. The minimum atomic E-state index is -4.62. The summed E-state index contributed by atoms with van der Waals surface area (Å²) >= 11 is 0. The Morgan fingerprint density at radius 1 is 1.11 bits per heavy atom. The van der Waals surface area contributed by atoms with Gasteiger partial charge in [-0.2, -0.15) is 13.2 Å². The maximum atomic E-state index is 13.5. The molecule has 1 aliphatic rings. The molecule has 0 fully saturated rings. The van der Waals surface area contributed by atoms with Gasteiger partial charge in [0.05, 0.1) is 22.8 Å². The molecule has 45 heavy (non-hydrogen) atoms. The van der Waals surface area contributed by atoms with E-state index in [4.69, 9.17) is 21.0 Å². The number of rotatable bonds is 8. The highest BCUT2D eigenvalue weighted by molar-refractivity contribution is 5.87. The van der Waals surface area contributed by atoms with Crippen molar-refractivity contribution in [3.63, 3.8) is 0 Å². The fourth-order valence-electron chi connectivity index (χ4n) is 5.25. The molecule has 2 aromatic carbocycles. The van der Waals surface area contributed by atoms with Crippen LogP contribution in [0.15, 0.2) is 61.4 Å². The predicted molar refractivity (Wildman–Crippen MR) is 155 cm³/mol. The Bertz CT molecular complexity index is 1940. The van der Waals surface area contributed by atoms with Crippen LogP contribution in [0.1, 0.15) is 58.8 Å². The summed E-state index contributed by atoms with van der Waals surface area (Å²) in [5.74, 6) is -3.19. The number of carboxylic acids is 2. The van der Waals surface area contributed by atoms with Crippen molar-refractivity contribution >= 4 is 23.0 Å². The lowest BCUT2D eigenvalue weighted by atomic mass is 10.0. The van der Waals surface area contributed by atoms with Crippen LogP contribution < -0.4 is 28.5 Å². The third kappa shape index (κ3) is 6.61. The zero-order valence-electron chi connectivity index (χ0n) is 23.9. The quantitative estimate of drug-likeness (QED) is 0.208. The Morgan fingerprint density at radius 2 is 1.82 bits per heavy atom. The van der Waals surface area contributed by atoms with E-state index in [-0.39, 0.29) is 35.2 Å². The van der Waals surface area contributed by atoms with E-state index in [9.17, 15) is 42.3 Å². The highest BCUT2D eigenvalue weighted by Crippen LogP contribution is 2.41. The molecule has 6 N–H and O–H groups in total. The largest absolute Gasteiger partial charge is 0.480 e. The lowest BCUT2D eigenvalue weighted by Crippen LogP contribution is -2.43. The Labute approximate surface area is 251 Å². The molecule has 0 unspecified atom stereocenters. The number of fused-ring (bicyclic) bond motifs is 2. The molecule has 16 heteroatoms. The van der Waals surface area contributed by atoms with Crippen molar-refractivity contribution in [2.75, 3.05) is 6.54 Å². The number of carboxylic acid groups (broad SMARTS) is 2. The monoisotopic (exact) mass is 633 g/mol. The van der Waals surface area contributed by atoms with Crippen molar-refractivity contribution in [1.29, 1.82) is 0 Å². The molecule has 5 rings (SSSR count). The first-order chi connectivity index (χ1) is 21.2. The molecule has 1 aliphatic carbocycles. The second kappa shape index (κ2) is 13.0. The van der Waals surface area contributed by atoms with E-state index in [0.717, 1.165) is 29.7 Å². The molecule has 240 valence electrons. The van der Waals surface area contributed by atoms with Gasteiger partial charge in [-0.3, -0.25) is 23.3 Å². The van der Waals surface area contributed by atoms with E-state index in [1.54, 1.807) is 0 Å². The summed E-state index contributed by atoms with van der Waals surface area (Å²) in [4.78, 5) is 60.3. The molecule has 2 aromatic heterocycles. The third-order valence-corrected chi connectivity index (χ3v) is 7.55. The summed E-state index contributed by atoms with van der Waals surface area (Å²) in [6, 6.07) is 5.97. The average molecular weight is 634 g/mol. The standard InChI is InChI=1S/C23H16F3N3O6.C6H14N2O2/c1-27-17-7-5-11(9-18(17)35-22(27)34)28-10-14(20(31)32)19(30)29(21(28)33)16-8-6-12-13(16)3-2-4-15(12)23(24,25)26;7-4-2-1-3-5(8)6(9)10/h2-5,7,9-10,16H,6,8H2,1H3,(H,31,32);5H,1-4,7-8H2,(H,9,10)/t16-;5-/m10/s1. The van der Waals surface area contributed by atoms with E-state index in [2.05, 4.69) is 0 Å². The van der Waals surface area contributed by atoms with Gasteiger partial charge in [-0.05, 0) is 61.6 Å². The molecule has 2 atom stereocenters. The first kappa shape index (κ1) is 32.9. The number of nitrogens with zero attached hydrogens (tertiary/aromatic N) is 3. The number of aryl methyl sites for hydroxylation is 1. The van der Waals surface area contributed by atoms with Crippen molar-refractivity contribution < 1.29 is 37.4 Å². The molecular weight excluding hydrogens is 603 g/mol. The number of hydrogen-bond acceptors (Lipinski definition) is 8. The number of unbranched alkanes of at least 4 members (excludes halogenated alkanes) is 1. The van der Waals surface area contributed by atoms with Crippen LogP contribution in [0.2, 0.25) is 0 Å². The first-order valence-corrected chi connectivity index (χ1v) is 13.8. The molecule has 0 saturated heterocycles. The molecule has 0 amide bonds. The lowest BCUT2D eigenvalue weighted by Gasteiger charge is -2.18. The van der Waals surface area contributed by atoms with Gasteiger partial charge in [-0.25, -0.2) is 14.4 Å². The van der Waals surface area contributed by atoms with Gasteiger partial charge in [-0.1, -0.05) is 18.6 Å². The smallest absolute Gasteiger partial charge is 0.419 e. The van der Waals surface area contributed by atoms with Crippen molar-refractivity contribution in [1.82, 2.24) is 13.7 Å². The number of aromatic nitrogens is 3. The summed E-state index contributed by atoms with van der Waals surface area (Å²) < 4.78 is 48.4. The molecule has 0 aliphatic heterocycles. The van der Waals surface area contributed by atoms with Gasteiger partial charge < -0.3 is 26.1 Å². The summed E-state index contributed by atoms with van der Waals surface area (Å²) in [7, 11) is 1.48. The van der Waals surface area contributed by atoms with Gasteiger partial charge in [0.15, 0.2) is 5.58 Å². The molecule has 2 heterocycles. The van der Waals surface area contributed by atoms with Gasteiger partial charge in [0.25, 0.3) is 5.56 Å². The SMILES string of the molecule is Cn1c(=O)oc2cc(-n3cc(C(=O)O)c(=O)n([C@@H]4CCc5c4cccc5C(F)(F)F)c3=O)ccc21.NCCCC[C@H](N)C(=O)O. The van der Waals surface area contributed by atoms with E-state index in [1.807, 2.05) is 0 Å². The summed E-state index contributed by atoms with van der Waals surface area (Å²) in [5, 5.41) is 17.9. The zero-order chi connectivity index (χ0) is 33.2.